The molecule has 0 saturated carbocycles. The van der Waals surface area contributed by atoms with Gasteiger partial charge in [0, 0.05) is 48.9 Å². The third-order valence-electron chi connectivity index (χ3n) is 5.71. The Bertz CT molecular complexity index is 1010. The standard InChI is InChI=1S/C22H29N5S2/c1-4-25(5-2)19-9-7-17(8-10-19)21-23-27(22(28)26(21)6-3)16-24-13-11-20-18(15-24)12-14-29-20/h7-10,12,14H,4-6,11,13,15-16H2,1-3H3. The Morgan fingerprint density at radius 1 is 1.10 bits per heavy atom. The van der Waals surface area contributed by atoms with Gasteiger partial charge in [-0.15, -0.1) is 11.3 Å². The van der Waals surface area contributed by atoms with E-state index in [1.165, 1.54) is 16.1 Å². The molecule has 0 unspecified atom stereocenters. The van der Waals surface area contributed by atoms with Gasteiger partial charge < -0.3 is 9.47 Å². The van der Waals surface area contributed by atoms with Crippen molar-refractivity contribution in [2.24, 2.45) is 0 Å². The number of anilines is 1. The summed E-state index contributed by atoms with van der Waals surface area (Å²) in [5.41, 5.74) is 3.82. The van der Waals surface area contributed by atoms with Crippen LogP contribution in [-0.2, 0) is 26.2 Å². The highest BCUT2D eigenvalue weighted by Crippen LogP contribution is 2.26. The molecular weight excluding hydrogens is 398 g/mol. The number of benzene rings is 1. The molecule has 1 aliphatic heterocycles. The van der Waals surface area contributed by atoms with Crippen LogP contribution in [0.3, 0.4) is 0 Å². The van der Waals surface area contributed by atoms with E-state index in [1.54, 1.807) is 0 Å². The van der Waals surface area contributed by atoms with Gasteiger partial charge in [-0.25, -0.2) is 4.68 Å². The maximum Gasteiger partial charge on any atom is 0.199 e. The first-order valence-electron chi connectivity index (χ1n) is 10.4. The summed E-state index contributed by atoms with van der Waals surface area (Å²) in [6.07, 6.45) is 1.12. The number of hydrogen-bond acceptors (Lipinski definition) is 5. The van der Waals surface area contributed by atoms with Crippen molar-refractivity contribution in [3.63, 3.8) is 0 Å². The van der Waals surface area contributed by atoms with Crippen LogP contribution in [0.4, 0.5) is 5.69 Å². The monoisotopic (exact) mass is 427 g/mol. The zero-order chi connectivity index (χ0) is 20.4. The van der Waals surface area contributed by atoms with E-state index in [2.05, 4.69) is 70.9 Å². The summed E-state index contributed by atoms with van der Waals surface area (Å²) < 4.78 is 4.93. The zero-order valence-electron chi connectivity index (χ0n) is 17.5. The van der Waals surface area contributed by atoms with Crippen LogP contribution in [0.15, 0.2) is 35.7 Å². The fourth-order valence-corrected chi connectivity index (χ4v) is 5.26. The predicted octanol–water partition coefficient (Wildman–Crippen LogP) is 5.02. The van der Waals surface area contributed by atoms with Crippen molar-refractivity contribution in [3.05, 3.63) is 50.9 Å². The summed E-state index contributed by atoms with van der Waals surface area (Å²) in [4.78, 5) is 6.31. The van der Waals surface area contributed by atoms with E-state index in [0.717, 1.165) is 62.0 Å². The molecule has 5 nitrogen and oxygen atoms in total. The molecule has 0 atom stereocenters. The van der Waals surface area contributed by atoms with Crippen molar-refractivity contribution >= 4 is 29.2 Å². The van der Waals surface area contributed by atoms with Crippen LogP contribution in [-0.4, -0.2) is 38.9 Å². The van der Waals surface area contributed by atoms with Crippen LogP contribution in [0.5, 0.6) is 0 Å². The van der Waals surface area contributed by atoms with Gasteiger partial charge in [0.15, 0.2) is 10.6 Å². The number of rotatable bonds is 7. The molecule has 3 heterocycles. The molecule has 0 amide bonds. The summed E-state index contributed by atoms with van der Waals surface area (Å²) in [6, 6.07) is 11.0. The average Bonchev–Trinajstić information content (AvgIpc) is 3.33. The number of hydrogen-bond donors (Lipinski definition) is 0. The molecule has 0 radical (unpaired) electrons. The third kappa shape index (κ3) is 4.04. The largest absolute Gasteiger partial charge is 0.372 e. The fourth-order valence-electron chi connectivity index (χ4n) is 4.06. The molecule has 1 aromatic carbocycles. The summed E-state index contributed by atoms with van der Waals surface area (Å²) in [5, 5.41) is 7.13. The van der Waals surface area contributed by atoms with Gasteiger partial charge in [-0.05, 0) is 80.7 Å². The smallest absolute Gasteiger partial charge is 0.199 e. The molecule has 0 saturated heterocycles. The first-order chi connectivity index (χ1) is 14.1. The van der Waals surface area contributed by atoms with Gasteiger partial charge in [0.1, 0.15) is 0 Å². The first-order valence-corrected chi connectivity index (χ1v) is 11.7. The number of thiophene rings is 1. The van der Waals surface area contributed by atoms with Crippen LogP contribution in [0, 0.1) is 4.77 Å². The van der Waals surface area contributed by atoms with Gasteiger partial charge in [0.2, 0.25) is 0 Å². The molecule has 0 N–H and O–H groups in total. The molecule has 4 rings (SSSR count). The maximum absolute atomic E-state index is 5.78. The summed E-state index contributed by atoms with van der Waals surface area (Å²) in [6.45, 7) is 12.1. The SMILES string of the molecule is CCN(CC)c1ccc(-c2nn(CN3CCc4sccc4C3)c(=S)n2CC)cc1. The van der Waals surface area contributed by atoms with E-state index < -0.39 is 0 Å². The highest BCUT2D eigenvalue weighted by Gasteiger charge is 2.19. The second-order valence-electron chi connectivity index (χ2n) is 7.38. The fraction of sp³-hybridized carbons (Fsp3) is 0.455. The summed E-state index contributed by atoms with van der Waals surface area (Å²) in [7, 11) is 0. The molecule has 29 heavy (non-hydrogen) atoms. The van der Waals surface area contributed by atoms with E-state index in [4.69, 9.17) is 17.3 Å². The van der Waals surface area contributed by atoms with Crippen molar-refractivity contribution in [2.45, 2.75) is 47.0 Å². The minimum Gasteiger partial charge on any atom is -0.372 e. The summed E-state index contributed by atoms with van der Waals surface area (Å²) in [5.74, 6) is 0.955. The van der Waals surface area contributed by atoms with Gasteiger partial charge in [-0.3, -0.25) is 4.90 Å². The minimum atomic E-state index is 0.742. The lowest BCUT2D eigenvalue weighted by Crippen LogP contribution is -2.32. The normalized spacial score (nSPS) is 14.2. The van der Waals surface area contributed by atoms with Gasteiger partial charge in [0.25, 0.3) is 0 Å². The third-order valence-corrected chi connectivity index (χ3v) is 7.17. The van der Waals surface area contributed by atoms with Crippen LogP contribution in [0.1, 0.15) is 31.2 Å². The highest BCUT2D eigenvalue weighted by molar-refractivity contribution is 7.71. The van der Waals surface area contributed by atoms with E-state index in [0.29, 0.717) is 0 Å². The molecule has 7 heteroatoms. The second kappa shape index (κ2) is 8.81. The van der Waals surface area contributed by atoms with E-state index >= 15 is 0 Å². The lowest BCUT2D eigenvalue weighted by molar-refractivity contribution is 0.189. The van der Waals surface area contributed by atoms with Crippen molar-refractivity contribution < 1.29 is 0 Å². The zero-order valence-corrected chi connectivity index (χ0v) is 19.1. The van der Waals surface area contributed by atoms with Crippen molar-refractivity contribution in [1.29, 1.82) is 0 Å². The van der Waals surface area contributed by atoms with Gasteiger partial charge in [0.05, 0.1) is 6.67 Å². The molecule has 2 aromatic heterocycles. The Morgan fingerprint density at radius 2 is 1.86 bits per heavy atom. The lowest BCUT2D eigenvalue weighted by Gasteiger charge is -2.26. The molecule has 0 spiro atoms. The molecule has 0 bridgehead atoms. The van der Waals surface area contributed by atoms with E-state index in [9.17, 15) is 0 Å². The van der Waals surface area contributed by atoms with Crippen molar-refractivity contribution in [3.8, 4) is 11.4 Å². The van der Waals surface area contributed by atoms with Crippen molar-refractivity contribution in [1.82, 2.24) is 19.2 Å². The molecule has 1 aliphatic rings. The topological polar surface area (TPSA) is 29.2 Å². The molecule has 0 aliphatic carbocycles. The van der Waals surface area contributed by atoms with Crippen LogP contribution in [0.25, 0.3) is 11.4 Å². The van der Waals surface area contributed by atoms with Gasteiger partial charge in [-0.1, -0.05) is 0 Å². The number of fused-ring (bicyclic) bond motifs is 1. The van der Waals surface area contributed by atoms with Crippen LogP contribution >= 0.6 is 23.6 Å². The minimum absolute atomic E-state index is 0.742. The first kappa shape index (κ1) is 20.3. The van der Waals surface area contributed by atoms with E-state index in [1.807, 2.05) is 16.0 Å². The van der Waals surface area contributed by atoms with Gasteiger partial charge >= 0.3 is 0 Å². The number of nitrogens with zero attached hydrogens (tertiary/aromatic N) is 5. The maximum atomic E-state index is 5.78. The molecule has 3 aromatic rings. The Balaban J connectivity index is 1.58. The van der Waals surface area contributed by atoms with Crippen molar-refractivity contribution in [2.75, 3.05) is 24.5 Å². The molecule has 154 valence electrons. The Hall–Kier alpha value is -1.96. The van der Waals surface area contributed by atoms with Crippen LogP contribution in [0.2, 0.25) is 0 Å². The number of aromatic nitrogens is 3. The molecule has 0 fully saturated rings. The average molecular weight is 428 g/mol. The van der Waals surface area contributed by atoms with Crippen LogP contribution < -0.4 is 4.90 Å². The van der Waals surface area contributed by atoms with Gasteiger partial charge in [-0.2, -0.15) is 5.10 Å². The quantitative estimate of drug-likeness (QED) is 0.495. The highest BCUT2D eigenvalue weighted by atomic mass is 32.1. The van der Waals surface area contributed by atoms with E-state index in [-0.39, 0.29) is 0 Å². The Morgan fingerprint density at radius 3 is 2.55 bits per heavy atom. The Labute approximate surface area is 182 Å². The molecular formula is C22H29N5S2. The predicted molar refractivity (Wildman–Crippen MR) is 124 cm³/mol. The lowest BCUT2D eigenvalue weighted by atomic mass is 10.1. The second-order valence-corrected chi connectivity index (χ2v) is 8.75. The Kier molecular flexibility index (Phi) is 6.18. The summed E-state index contributed by atoms with van der Waals surface area (Å²) >= 11 is 7.65.